The summed E-state index contributed by atoms with van der Waals surface area (Å²) < 4.78 is 12.6. The van der Waals surface area contributed by atoms with Crippen LogP contribution in [0.25, 0.3) is 16.9 Å². The molecule has 0 atom stereocenters. The van der Waals surface area contributed by atoms with Gasteiger partial charge in [-0.05, 0) is 23.3 Å². The van der Waals surface area contributed by atoms with Crippen molar-refractivity contribution in [3.05, 3.63) is 60.1 Å². The Morgan fingerprint density at radius 1 is 0.733 bits per heavy atom. The standard InChI is InChI=1S/C12H9FN.Li/c13-11-5-1-9(2-6-11)10-3-7-12(14)8-4-10;/h1-8,14H;/q-1;+1. The first-order chi connectivity index (χ1) is 6.75. The van der Waals surface area contributed by atoms with Crippen LogP contribution in [0.4, 0.5) is 10.1 Å². The fourth-order valence-corrected chi connectivity index (χ4v) is 1.31. The van der Waals surface area contributed by atoms with Crippen molar-refractivity contribution in [2.75, 3.05) is 0 Å². The predicted molar refractivity (Wildman–Crippen MR) is 55.8 cm³/mol. The second-order valence-electron chi connectivity index (χ2n) is 3.08. The van der Waals surface area contributed by atoms with Crippen LogP contribution in [-0.4, -0.2) is 0 Å². The quantitative estimate of drug-likeness (QED) is 0.607. The van der Waals surface area contributed by atoms with Gasteiger partial charge >= 0.3 is 18.9 Å². The van der Waals surface area contributed by atoms with Gasteiger partial charge in [0, 0.05) is 0 Å². The van der Waals surface area contributed by atoms with Gasteiger partial charge in [-0.3, -0.25) is 0 Å². The van der Waals surface area contributed by atoms with Crippen LogP contribution in [-0.2, 0) is 0 Å². The van der Waals surface area contributed by atoms with Crippen LogP contribution in [0.2, 0.25) is 0 Å². The average Bonchev–Trinajstić information content (AvgIpc) is 2.21. The summed E-state index contributed by atoms with van der Waals surface area (Å²) in [5.74, 6) is -0.231. The molecule has 0 bridgehead atoms. The van der Waals surface area contributed by atoms with E-state index in [-0.39, 0.29) is 24.7 Å². The van der Waals surface area contributed by atoms with Crippen molar-refractivity contribution < 1.29 is 23.3 Å². The summed E-state index contributed by atoms with van der Waals surface area (Å²) in [5, 5.41) is 0. The monoisotopic (exact) mass is 193 g/mol. The second-order valence-corrected chi connectivity index (χ2v) is 3.08. The molecule has 0 heterocycles. The summed E-state index contributed by atoms with van der Waals surface area (Å²) >= 11 is 0. The Kier molecular flexibility index (Phi) is 3.96. The average molecular weight is 193 g/mol. The minimum Gasteiger partial charge on any atom is -0.699 e. The van der Waals surface area contributed by atoms with Gasteiger partial charge in [0.1, 0.15) is 5.82 Å². The van der Waals surface area contributed by atoms with Crippen LogP contribution in [0.15, 0.2) is 48.5 Å². The van der Waals surface area contributed by atoms with E-state index < -0.39 is 0 Å². The summed E-state index contributed by atoms with van der Waals surface area (Å²) in [4.78, 5) is 0. The van der Waals surface area contributed by atoms with Crippen molar-refractivity contribution in [1.82, 2.24) is 0 Å². The fourth-order valence-electron chi connectivity index (χ4n) is 1.31. The molecule has 2 rings (SSSR count). The molecule has 3 heteroatoms. The molecule has 0 saturated heterocycles. The van der Waals surface area contributed by atoms with Crippen molar-refractivity contribution in [3.63, 3.8) is 0 Å². The van der Waals surface area contributed by atoms with Gasteiger partial charge in [0.15, 0.2) is 0 Å². The topological polar surface area (TPSA) is 23.8 Å². The minimum atomic E-state index is -0.231. The molecule has 0 aromatic heterocycles. The zero-order valence-corrected chi connectivity index (χ0v) is 8.50. The molecular formula is C12H9FLiN. The van der Waals surface area contributed by atoms with Crippen molar-refractivity contribution in [2.24, 2.45) is 0 Å². The molecule has 0 aliphatic heterocycles. The molecule has 0 aliphatic carbocycles. The maximum atomic E-state index is 12.6. The molecule has 1 N–H and O–H groups in total. The molecule has 0 radical (unpaired) electrons. The number of halogens is 1. The van der Waals surface area contributed by atoms with E-state index in [2.05, 4.69) is 0 Å². The maximum absolute atomic E-state index is 12.6. The van der Waals surface area contributed by atoms with Crippen molar-refractivity contribution in [1.29, 1.82) is 0 Å². The molecule has 70 valence electrons. The van der Waals surface area contributed by atoms with Crippen LogP contribution >= 0.6 is 0 Å². The Morgan fingerprint density at radius 3 is 1.60 bits per heavy atom. The van der Waals surface area contributed by atoms with E-state index in [0.717, 1.165) is 11.1 Å². The third-order valence-electron chi connectivity index (χ3n) is 2.06. The molecule has 15 heavy (non-hydrogen) atoms. The third-order valence-corrected chi connectivity index (χ3v) is 2.06. The van der Waals surface area contributed by atoms with E-state index in [4.69, 9.17) is 5.73 Å². The molecule has 2 aromatic rings. The fraction of sp³-hybridized carbons (Fsp3) is 0. The maximum Gasteiger partial charge on any atom is 1.00 e. The van der Waals surface area contributed by atoms with Gasteiger partial charge in [0.25, 0.3) is 0 Å². The molecule has 0 fully saturated rings. The number of hydrogen-bond acceptors (Lipinski definition) is 0. The first kappa shape index (κ1) is 11.8. The van der Waals surface area contributed by atoms with E-state index >= 15 is 0 Å². The van der Waals surface area contributed by atoms with Crippen molar-refractivity contribution in [3.8, 4) is 11.1 Å². The van der Waals surface area contributed by atoms with Crippen LogP contribution in [0.5, 0.6) is 0 Å². The third kappa shape index (κ3) is 2.86. The van der Waals surface area contributed by atoms with Gasteiger partial charge < -0.3 is 5.73 Å². The Balaban J connectivity index is 0.00000112. The first-order valence-corrected chi connectivity index (χ1v) is 4.33. The first-order valence-electron chi connectivity index (χ1n) is 4.33. The summed E-state index contributed by atoms with van der Waals surface area (Å²) in [6.45, 7) is 0. The summed E-state index contributed by atoms with van der Waals surface area (Å²) in [7, 11) is 0. The van der Waals surface area contributed by atoms with Gasteiger partial charge in [0.2, 0.25) is 0 Å². The molecule has 0 spiro atoms. The summed E-state index contributed by atoms with van der Waals surface area (Å²) in [6, 6.07) is 13.5. The molecule has 2 aromatic carbocycles. The Labute approximate surface area is 100 Å². The SMILES string of the molecule is [Li+].[NH-]c1ccc(-c2ccc(F)cc2)cc1. The zero-order valence-electron chi connectivity index (χ0n) is 8.50. The number of benzene rings is 2. The second kappa shape index (κ2) is 5.02. The van der Waals surface area contributed by atoms with Gasteiger partial charge in [-0.25, -0.2) is 4.39 Å². The number of hydrogen-bond donors (Lipinski definition) is 0. The molecular weight excluding hydrogens is 184 g/mol. The van der Waals surface area contributed by atoms with Crippen molar-refractivity contribution >= 4 is 5.69 Å². The molecule has 0 saturated carbocycles. The number of rotatable bonds is 1. The van der Waals surface area contributed by atoms with E-state index in [9.17, 15) is 4.39 Å². The smallest absolute Gasteiger partial charge is 0.699 e. The van der Waals surface area contributed by atoms with E-state index in [0.29, 0.717) is 5.69 Å². The molecule has 0 amide bonds. The number of nitrogens with one attached hydrogen (secondary N) is 1. The minimum absolute atomic E-state index is 0. The van der Waals surface area contributed by atoms with Crippen LogP contribution in [0.1, 0.15) is 0 Å². The van der Waals surface area contributed by atoms with Gasteiger partial charge in [-0.1, -0.05) is 36.4 Å². The van der Waals surface area contributed by atoms with Gasteiger partial charge in [-0.15, -0.1) is 5.69 Å². The summed E-state index contributed by atoms with van der Waals surface area (Å²) in [6.07, 6.45) is 0. The van der Waals surface area contributed by atoms with Crippen LogP contribution < -0.4 is 18.9 Å². The Bertz CT molecular complexity index is 379. The van der Waals surface area contributed by atoms with Crippen LogP contribution in [0.3, 0.4) is 0 Å². The van der Waals surface area contributed by atoms with E-state index in [1.807, 2.05) is 12.1 Å². The van der Waals surface area contributed by atoms with E-state index in [1.54, 1.807) is 24.3 Å². The molecule has 0 aliphatic rings. The van der Waals surface area contributed by atoms with Crippen molar-refractivity contribution in [2.45, 2.75) is 0 Å². The van der Waals surface area contributed by atoms with Gasteiger partial charge in [0.05, 0.1) is 0 Å². The Morgan fingerprint density at radius 2 is 1.13 bits per heavy atom. The van der Waals surface area contributed by atoms with Gasteiger partial charge in [-0.2, -0.15) is 0 Å². The van der Waals surface area contributed by atoms with E-state index in [1.165, 1.54) is 12.1 Å². The summed E-state index contributed by atoms with van der Waals surface area (Å²) in [5.41, 5.74) is 9.78. The molecule has 0 unspecified atom stereocenters. The normalized spacial score (nSPS) is 9.40. The zero-order chi connectivity index (χ0) is 9.97. The van der Waals surface area contributed by atoms with Crippen LogP contribution in [0, 0.1) is 5.82 Å². The molecule has 1 nitrogen and oxygen atoms in total. The Hall–Kier alpha value is -1.23. The largest absolute Gasteiger partial charge is 1.00 e. The predicted octanol–water partition coefficient (Wildman–Crippen LogP) is 1.18.